The number of esters is 1. The number of hydrogen-bond donors (Lipinski definition) is 0. The molecule has 5 nitrogen and oxygen atoms in total. The third-order valence-electron chi connectivity index (χ3n) is 4.80. The second kappa shape index (κ2) is 8.61. The summed E-state index contributed by atoms with van der Waals surface area (Å²) in [5.74, 6) is -0.173. The fraction of sp³-hybridized carbons (Fsp3) is 0.381. The Morgan fingerprint density at radius 3 is 2.69 bits per heavy atom. The van der Waals surface area contributed by atoms with Crippen molar-refractivity contribution >= 4 is 11.9 Å². The summed E-state index contributed by atoms with van der Waals surface area (Å²) in [5.41, 5.74) is 3.28. The Labute approximate surface area is 154 Å². The standard InChI is InChI=1S/C21H24N2O3/c1-26-20(24)10-6-12-23(15-16-7-3-2-4-8-16)21(25)18-13-17-9-5-11-22-19(17)14-18/h2-5,7-9,11,18H,6,10,12-15H2,1H3. The predicted octanol–water partition coefficient (Wildman–Crippen LogP) is 2.78. The molecule has 5 heteroatoms. The van der Waals surface area contributed by atoms with E-state index in [2.05, 4.69) is 11.1 Å². The van der Waals surface area contributed by atoms with Crippen LogP contribution in [-0.4, -0.2) is 35.4 Å². The van der Waals surface area contributed by atoms with Crippen LogP contribution in [0.15, 0.2) is 48.7 Å². The molecule has 0 spiro atoms. The minimum Gasteiger partial charge on any atom is -0.469 e. The first kappa shape index (κ1) is 18.1. The lowest BCUT2D eigenvalue weighted by atomic mass is 10.0. The Balaban J connectivity index is 1.68. The fourth-order valence-electron chi connectivity index (χ4n) is 3.43. The van der Waals surface area contributed by atoms with E-state index in [1.165, 1.54) is 12.7 Å². The third-order valence-corrected chi connectivity index (χ3v) is 4.80. The lowest BCUT2D eigenvalue weighted by Gasteiger charge is -2.25. The number of nitrogens with zero attached hydrogens (tertiary/aromatic N) is 2. The van der Waals surface area contributed by atoms with Crippen molar-refractivity contribution in [2.75, 3.05) is 13.7 Å². The van der Waals surface area contributed by atoms with E-state index in [-0.39, 0.29) is 17.8 Å². The second-order valence-electron chi connectivity index (χ2n) is 6.64. The van der Waals surface area contributed by atoms with Crippen LogP contribution in [0, 0.1) is 5.92 Å². The molecular formula is C21H24N2O3. The van der Waals surface area contributed by atoms with E-state index < -0.39 is 0 Å². The molecule has 0 radical (unpaired) electrons. The highest BCUT2D eigenvalue weighted by Gasteiger charge is 2.31. The quantitative estimate of drug-likeness (QED) is 0.719. The Kier molecular flexibility index (Phi) is 6.00. The average molecular weight is 352 g/mol. The lowest BCUT2D eigenvalue weighted by molar-refractivity contribution is -0.142. The normalized spacial score (nSPS) is 15.3. The molecule has 0 saturated heterocycles. The van der Waals surface area contributed by atoms with E-state index in [0.29, 0.717) is 32.4 Å². The van der Waals surface area contributed by atoms with Crippen LogP contribution in [0.5, 0.6) is 0 Å². The highest BCUT2D eigenvalue weighted by Crippen LogP contribution is 2.27. The van der Waals surface area contributed by atoms with Crippen molar-refractivity contribution in [3.05, 3.63) is 65.5 Å². The van der Waals surface area contributed by atoms with Gasteiger partial charge in [0.15, 0.2) is 0 Å². The Morgan fingerprint density at radius 2 is 1.96 bits per heavy atom. The summed E-state index contributed by atoms with van der Waals surface area (Å²) in [6, 6.07) is 13.9. The molecule has 1 unspecified atom stereocenters. The number of methoxy groups -OCH3 is 1. The molecule has 0 aliphatic heterocycles. The van der Waals surface area contributed by atoms with Crippen LogP contribution in [0.2, 0.25) is 0 Å². The Hall–Kier alpha value is -2.69. The zero-order valence-corrected chi connectivity index (χ0v) is 15.1. The Bertz CT molecular complexity index is 736. The van der Waals surface area contributed by atoms with E-state index >= 15 is 0 Å². The van der Waals surface area contributed by atoms with Gasteiger partial charge in [0.1, 0.15) is 0 Å². The largest absolute Gasteiger partial charge is 0.469 e. The summed E-state index contributed by atoms with van der Waals surface area (Å²) >= 11 is 0. The summed E-state index contributed by atoms with van der Waals surface area (Å²) < 4.78 is 4.70. The number of rotatable bonds is 7. The van der Waals surface area contributed by atoms with Crippen LogP contribution in [0.4, 0.5) is 0 Å². The maximum Gasteiger partial charge on any atom is 0.305 e. The van der Waals surface area contributed by atoms with Gasteiger partial charge in [-0.05, 0) is 30.0 Å². The van der Waals surface area contributed by atoms with E-state index in [4.69, 9.17) is 4.74 Å². The van der Waals surface area contributed by atoms with Gasteiger partial charge in [-0.1, -0.05) is 36.4 Å². The molecule has 1 heterocycles. The molecule has 1 amide bonds. The van der Waals surface area contributed by atoms with E-state index in [1.54, 1.807) is 6.20 Å². The number of fused-ring (bicyclic) bond motifs is 1. The van der Waals surface area contributed by atoms with Gasteiger partial charge in [-0.15, -0.1) is 0 Å². The summed E-state index contributed by atoms with van der Waals surface area (Å²) in [7, 11) is 1.39. The molecule has 1 atom stereocenters. The van der Waals surface area contributed by atoms with Crippen LogP contribution in [0.25, 0.3) is 0 Å². The predicted molar refractivity (Wildman–Crippen MR) is 98.2 cm³/mol. The summed E-state index contributed by atoms with van der Waals surface area (Å²) in [5, 5.41) is 0. The molecular weight excluding hydrogens is 328 g/mol. The smallest absolute Gasteiger partial charge is 0.305 e. The third kappa shape index (κ3) is 4.48. The number of hydrogen-bond acceptors (Lipinski definition) is 4. The number of carbonyl (C=O) groups excluding carboxylic acids is 2. The highest BCUT2D eigenvalue weighted by atomic mass is 16.5. The Morgan fingerprint density at radius 1 is 1.15 bits per heavy atom. The number of carbonyl (C=O) groups is 2. The second-order valence-corrected chi connectivity index (χ2v) is 6.64. The number of benzene rings is 1. The number of pyridine rings is 1. The maximum absolute atomic E-state index is 13.1. The van der Waals surface area contributed by atoms with Gasteiger partial charge in [0.05, 0.1) is 7.11 Å². The van der Waals surface area contributed by atoms with Gasteiger partial charge >= 0.3 is 5.97 Å². The number of ether oxygens (including phenoxy) is 1. The van der Waals surface area contributed by atoms with Crippen LogP contribution < -0.4 is 0 Å². The van der Waals surface area contributed by atoms with Crippen LogP contribution in [-0.2, 0) is 33.7 Å². The van der Waals surface area contributed by atoms with Crippen LogP contribution in [0.3, 0.4) is 0 Å². The van der Waals surface area contributed by atoms with Gasteiger partial charge in [0.25, 0.3) is 0 Å². The summed E-state index contributed by atoms with van der Waals surface area (Å²) in [6.07, 6.45) is 4.13. The molecule has 2 aromatic rings. The first-order chi connectivity index (χ1) is 12.7. The number of aromatic nitrogens is 1. The molecule has 26 heavy (non-hydrogen) atoms. The highest BCUT2D eigenvalue weighted by molar-refractivity contribution is 5.80. The van der Waals surface area contributed by atoms with Gasteiger partial charge in [-0.25, -0.2) is 0 Å². The van der Waals surface area contributed by atoms with E-state index in [9.17, 15) is 9.59 Å². The molecule has 0 bridgehead atoms. The van der Waals surface area contributed by atoms with Crippen molar-refractivity contribution in [3.8, 4) is 0 Å². The van der Waals surface area contributed by atoms with Gasteiger partial charge in [0, 0.05) is 43.7 Å². The topological polar surface area (TPSA) is 59.5 Å². The fourth-order valence-corrected chi connectivity index (χ4v) is 3.43. The summed E-state index contributed by atoms with van der Waals surface area (Å²) in [4.78, 5) is 30.8. The van der Waals surface area contributed by atoms with Crippen molar-refractivity contribution in [3.63, 3.8) is 0 Å². The average Bonchev–Trinajstić information content (AvgIpc) is 3.11. The molecule has 1 aliphatic carbocycles. The monoisotopic (exact) mass is 352 g/mol. The lowest BCUT2D eigenvalue weighted by Crippen LogP contribution is -2.37. The van der Waals surface area contributed by atoms with Crippen LogP contribution in [0.1, 0.15) is 29.7 Å². The maximum atomic E-state index is 13.1. The molecule has 0 saturated carbocycles. The summed E-state index contributed by atoms with van der Waals surface area (Å²) in [6.45, 7) is 1.10. The zero-order chi connectivity index (χ0) is 18.4. The van der Waals surface area contributed by atoms with Gasteiger partial charge < -0.3 is 9.64 Å². The molecule has 1 aromatic heterocycles. The van der Waals surface area contributed by atoms with E-state index in [1.807, 2.05) is 41.3 Å². The first-order valence-corrected chi connectivity index (χ1v) is 8.99. The molecule has 0 fully saturated rings. The van der Waals surface area contributed by atoms with E-state index in [0.717, 1.165) is 17.7 Å². The molecule has 3 rings (SSSR count). The minimum absolute atomic E-state index is 0.0678. The number of amides is 1. The first-order valence-electron chi connectivity index (χ1n) is 8.99. The van der Waals surface area contributed by atoms with Gasteiger partial charge in [-0.3, -0.25) is 14.6 Å². The van der Waals surface area contributed by atoms with Crippen molar-refractivity contribution < 1.29 is 14.3 Å². The molecule has 0 N–H and O–H groups in total. The van der Waals surface area contributed by atoms with Crippen molar-refractivity contribution in [1.82, 2.24) is 9.88 Å². The van der Waals surface area contributed by atoms with Gasteiger partial charge in [0.2, 0.25) is 5.91 Å². The SMILES string of the molecule is COC(=O)CCCN(Cc1ccccc1)C(=O)C1Cc2cccnc2C1. The molecule has 1 aromatic carbocycles. The zero-order valence-electron chi connectivity index (χ0n) is 15.1. The van der Waals surface area contributed by atoms with Crippen molar-refractivity contribution in [2.24, 2.45) is 5.92 Å². The van der Waals surface area contributed by atoms with Crippen molar-refractivity contribution in [1.29, 1.82) is 0 Å². The van der Waals surface area contributed by atoms with Gasteiger partial charge in [-0.2, -0.15) is 0 Å². The van der Waals surface area contributed by atoms with Crippen LogP contribution >= 0.6 is 0 Å². The van der Waals surface area contributed by atoms with Crippen molar-refractivity contribution in [2.45, 2.75) is 32.2 Å². The molecule has 1 aliphatic rings. The molecule has 136 valence electrons. The minimum atomic E-state index is -0.241.